The first kappa shape index (κ1) is 21.1. The molecule has 0 saturated carbocycles. The average Bonchev–Trinajstić information content (AvgIpc) is 2.79. The molecular weight excluding hydrogens is 404 g/mol. The predicted molar refractivity (Wildman–Crippen MR) is 120 cm³/mol. The number of amides is 2. The van der Waals surface area contributed by atoms with Gasteiger partial charge in [0.05, 0.1) is 30.4 Å². The Morgan fingerprint density at radius 3 is 2.53 bits per heavy atom. The summed E-state index contributed by atoms with van der Waals surface area (Å²) in [5.74, 6) is -0.243. The standard InChI is InChI=1S/C25H30N4O3/c1-18(2)29-23(30)21-9-4-3-8-20(21)22(24(31)28-11-13-32-14-12-28)25(29)16-27(17-25)15-19-7-5-6-10-26-19/h3-10,18,22H,11-17H2,1-2H3. The first-order valence-corrected chi connectivity index (χ1v) is 11.4. The maximum absolute atomic E-state index is 14.0. The van der Waals surface area contributed by atoms with Crippen LogP contribution in [0.4, 0.5) is 0 Å². The molecule has 7 nitrogen and oxygen atoms in total. The van der Waals surface area contributed by atoms with Crippen molar-refractivity contribution in [2.24, 2.45) is 0 Å². The Bertz CT molecular complexity index is 997. The van der Waals surface area contributed by atoms with Gasteiger partial charge in [0.15, 0.2) is 0 Å². The number of benzene rings is 1. The van der Waals surface area contributed by atoms with Crippen LogP contribution in [0.3, 0.4) is 0 Å². The molecule has 168 valence electrons. The minimum Gasteiger partial charge on any atom is -0.378 e. The van der Waals surface area contributed by atoms with Crippen molar-refractivity contribution < 1.29 is 14.3 Å². The highest BCUT2D eigenvalue weighted by atomic mass is 16.5. The van der Waals surface area contributed by atoms with Gasteiger partial charge in [0.2, 0.25) is 5.91 Å². The van der Waals surface area contributed by atoms with E-state index in [1.54, 1.807) is 6.20 Å². The summed E-state index contributed by atoms with van der Waals surface area (Å²) in [4.78, 5) is 38.2. The van der Waals surface area contributed by atoms with Crippen LogP contribution in [0.15, 0.2) is 48.7 Å². The third-order valence-electron chi connectivity index (χ3n) is 6.93. The Morgan fingerprint density at radius 2 is 1.84 bits per heavy atom. The molecule has 0 bridgehead atoms. The average molecular weight is 435 g/mol. The Hall–Kier alpha value is -2.77. The second-order valence-electron chi connectivity index (χ2n) is 9.30. The molecule has 5 rings (SSSR count). The molecule has 3 aliphatic rings. The van der Waals surface area contributed by atoms with Gasteiger partial charge in [-0.3, -0.25) is 19.5 Å². The quantitative estimate of drug-likeness (QED) is 0.738. The molecule has 4 heterocycles. The number of morpholine rings is 1. The number of ether oxygens (including phenoxy) is 1. The molecule has 1 unspecified atom stereocenters. The second-order valence-corrected chi connectivity index (χ2v) is 9.30. The first-order valence-electron chi connectivity index (χ1n) is 11.4. The molecule has 2 saturated heterocycles. The first-order chi connectivity index (χ1) is 15.5. The van der Waals surface area contributed by atoms with Crippen molar-refractivity contribution in [3.05, 3.63) is 65.5 Å². The highest BCUT2D eigenvalue weighted by molar-refractivity contribution is 6.02. The van der Waals surface area contributed by atoms with E-state index in [1.165, 1.54) is 0 Å². The van der Waals surface area contributed by atoms with Gasteiger partial charge in [-0.05, 0) is 37.6 Å². The normalized spacial score (nSPS) is 22.7. The van der Waals surface area contributed by atoms with E-state index in [2.05, 4.69) is 9.88 Å². The van der Waals surface area contributed by atoms with E-state index in [0.29, 0.717) is 51.5 Å². The molecule has 1 aromatic heterocycles. The molecule has 0 aliphatic carbocycles. The van der Waals surface area contributed by atoms with Gasteiger partial charge in [-0.1, -0.05) is 24.3 Å². The summed E-state index contributed by atoms with van der Waals surface area (Å²) in [5, 5.41) is 0. The lowest BCUT2D eigenvalue weighted by atomic mass is 9.67. The Kier molecular flexibility index (Phi) is 5.47. The maximum atomic E-state index is 14.0. The minimum atomic E-state index is -0.552. The Morgan fingerprint density at radius 1 is 1.12 bits per heavy atom. The van der Waals surface area contributed by atoms with Crippen LogP contribution in [0.25, 0.3) is 0 Å². The Balaban J connectivity index is 1.53. The largest absolute Gasteiger partial charge is 0.378 e. The molecule has 3 aliphatic heterocycles. The van der Waals surface area contributed by atoms with Crippen molar-refractivity contribution in [2.75, 3.05) is 39.4 Å². The third kappa shape index (κ3) is 3.40. The van der Waals surface area contributed by atoms with Crippen molar-refractivity contribution >= 4 is 11.8 Å². The van der Waals surface area contributed by atoms with Crippen LogP contribution < -0.4 is 0 Å². The lowest BCUT2D eigenvalue weighted by Gasteiger charge is -2.62. The summed E-state index contributed by atoms with van der Waals surface area (Å²) in [6.07, 6.45) is 1.80. The van der Waals surface area contributed by atoms with Crippen molar-refractivity contribution in [1.29, 1.82) is 0 Å². The van der Waals surface area contributed by atoms with Crippen LogP contribution in [0.5, 0.6) is 0 Å². The van der Waals surface area contributed by atoms with E-state index in [4.69, 9.17) is 4.74 Å². The van der Waals surface area contributed by atoms with E-state index in [9.17, 15) is 9.59 Å². The number of carbonyl (C=O) groups is 2. The molecule has 1 atom stereocenters. The van der Waals surface area contributed by atoms with Crippen LogP contribution in [0, 0.1) is 0 Å². The van der Waals surface area contributed by atoms with E-state index < -0.39 is 5.54 Å². The number of nitrogens with zero attached hydrogens (tertiary/aromatic N) is 4. The number of rotatable bonds is 4. The topological polar surface area (TPSA) is 66.0 Å². The van der Waals surface area contributed by atoms with Gasteiger partial charge in [-0.25, -0.2) is 0 Å². The van der Waals surface area contributed by atoms with E-state index >= 15 is 0 Å². The highest BCUT2D eigenvalue weighted by Crippen LogP contribution is 2.48. The summed E-state index contributed by atoms with van der Waals surface area (Å²) in [6, 6.07) is 13.6. The highest BCUT2D eigenvalue weighted by Gasteiger charge is 2.61. The van der Waals surface area contributed by atoms with Crippen LogP contribution in [0.2, 0.25) is 0 Å². The summed E-state index contributed by atoms with van der Waals surface area (Å²) < 4.78 is 5.49. The van der Waals surface area contributed by atoms with Crippen LogP contribution in [-0.4, -0.2) is 82.5 Å². The number of fused-ring (bicyclic) bond motifs is 1. The van der Waals surface area contributed by atoms with Crippen molar-refractivity contribution in [3.63, 3.8) is 0 Å². The van der Waals surface area contributed by atoms with Gasteiger partial charge in [-0.15, -0.1) is 0 Å². The fraction of sp³-hybridized carbons (Fsp3) is 0.480. The molecule has 0 N–H and O–H groups in total. The molecule has 2 aromatic rings. The fourth-order valence-electron chi connectivity index (χ4n) is 5.68. The summed E-state index contributed by atoms with van der Waals surface area (Å²) in [7, 11) is 0. The number of carbonyl (C=O) groups excluding carboxylic acids is 2. The maximum Gasteiger partial charge on any atom is 0.254 e. The van der Waals surface area contributed by atoms with Gasteiger partial charge in [0, 0.05) is 50.5 Å². The van der Waals surface area contributed by atoms with E-state index in [1.807, 2.05) is 66.1 Å². The van der Waals surface area contributed by atoms with Crippen LogP contribution in [0.1, 0.15) is 41.4 Å². The van der Waals surface area contributed by atoms with Gasteiger partial charge >= 0.3 is 0 Å². The lowest BCUT2D eigenvalue weighted by molar-refractivity contribution is -0.148. The molecule has 1 spiro atoms. The SMILES string of the molecule is CC(C)N1C(=O)c2ccccc2C(C(=O)N2CCOCC2)C12CN(Cc1ccccn1)C2. The second kappa shape index (κ2) is 8.30. The number of pyridine rings is 1. The smallest absolute Gasteiger partial charge is 0.254 e. The number of hydrogen-bond acceptors (Lipinski definition) is 5. The van der Waals surface area contributed by atoms with Gasteiger partial charge in [-0.2, -0.15) is 0 Å². The monoisotopic (exact) mass is 434 g/mol. The summed E-state index contributed by atoms with van der Waals surface area (Å²) >= 11 is 0. The number of likely N-dealkylation sites (tertiary alicyclic amines) is 1. The molecule has 2 amide bonds. The van der Waals surface area contributed by atoms with Crippen molar-refractivity contribution in [2.45, 2.75) is 37.9 Å². The minimum absolute atomic E-state index is 0.00662. The number of aromatic nitrogens is 1. The lowest BCUT2D eigenvalue weighted by Crippen LogP contribution is -2.77. The zero-order valence-corrected chi connectivity index (χ0v) is 18.7. The summed E-state index contributed by atoms with van der Waals surface area (Å²) in [5.41, 5.74) is 1.96. The fourth-order valence-corrected chi connectivity index (χ4v) is 5.68. The zero-order valence-electron chi connectivity index (χ0n) is 18.7. The van der Waals surface area contributed by atoms with E-state index in [-0.39, 0.29) is 23.8 Å². The molecule has 0 radical (unpaired) electrons. The molecule has 1 aromatic carbocycles. The van der Waals surface area contributed by atoms with Gasteiger partial charge < -0.3 is 14.5 Å². The van der Waals surface area contributed by atoms with Crippen LogP contribution in [-0.2, 0) is 16.1 Å². The third-order valence-corrected chi connectivity index (χ3v) is 6.93. The molecule has 7 heteroatoms. The van der Waals surface area contributed by atoms with Gasteiger partial charge in [0.25, 0.3) is 5.91 Å². The molecule has 2 fully saturated rings. The molecule has 32 heavy (non-hydrogen) atoms. The summed E-state index contributed by atoms with van der Waals surface area (Å²) in [6.45, 7) is 8.43. The number of hydrogen-bond donors (Lipinski definition) is 0. The van der Waals surface area contributed by atoms with Crippen molar-refractivity contribution in [1.82, 2.24) is 19.7 Å². The zero-order chi connectivity index (χ0) is 22.3. The van der Waals surface area contributed by atoms with Crippen molar-refractivity contribution in [3.8, 4) is 0 Å². The van der Waals surface area contributed by atoms with Crippen LogP contribution >= 0.6 is 0 Å². The predicted octanol–water partition coefficient (Wildman–Crippen LogP) is 2.14. The molecular formula is C25H30N4O3. The van der Waals surface area contributed by atoms with E-state index in [0.717, 1.165) is 11.3 Å². The van der Waals surface area contributed by atoms with Gasteiger partial charge in [0.1, 0.15) is 0 Å². The Labute approximate surface area is 189 Å².